The summed E-state index contributed by atoms with van der Waals surface area (Å²) in [4.78, 5) is 0. The third kappa shape index (κ3) is 7.82. The molecule has 0 saturated carbocycles. The van der Waals surface area contributed by atoms with E-state index in [1.807, 2.05) is 6.92 Å². The average Bonchev–Trinajstić information content (AvgIpc) is 1.63. The second-order valence-corrected chi connectivity index (χ2v) is 2.01. The molecule has 0 N–H and O–H groups in total. The van der Waals surface area contributed by atoms with Crippen molar-refractivity contribution in [3.63, 3.8) is 0 Å². The molecule has 1 nitrogen and oxygen atoms in total. The highest BCUT2D eigenvalue weighted by atomic mass is 19.3. The van der Waals surface area contributed by atoms with Crippen molar-refractivity contribution in [2.45, 2.75) is 32.8 Å². The van der Waals surface area contributed by atoms with Crippen LogP contribution in [0.4, 0.5) is 8.78 Å². The molecule has 0 unspecified atom stereocenters. The smallest absolute Gasteiger partial charge is 0.321 e. The lowest BCUT2D eigenvalue weighted by Gasteiger charge is -2.09. The molecule has 0 fully saturated rings. The van der Waals surface area contributed by atoms with Crippen molar-refractivity contribution in [2.75, 3.05) is 6.61 Å². The molecule has 0 aliphatic carbocycles. The molecule has 0 aromatic carbocycles. The van der Waals surface area contributed by atoms with Crippen LogP contribution in [-0.2, 0) is 4.74 Å². The van der Waals surface area contributed by atoms with Gasteiger partial charge in [0.05, 0.1) is 6.61 Å². The molecule has 0 saturated heterocycles. The van der Waals surface area contributed by atoms with Gasteiger partial charge in [-0.15, -0.1) is 0 Å². The Morgan fingerprint density at radius 2 is 2.00 bits per heavy atom. The van der Waals surface area contributed by atoms with Crippen LogP contribution in [0.15, 0.2) is 0 Å². The van der Waals surface area contributed by atoms with Crippen molar-refractivity contribution in [3.05, 3.63) is 0 Å². The summed E-state index contributed by atoms with van der Waals surface area (Å²) in [5, 5.41) is 0. The lowest BCUT2D eigenvalue weighted by molar-refractivity contribution is -0.224. The highest BCUT2D eigenvalue weighted by Gasteiger charge is 2.20. The molecule has 56 valence electrons. The second-order valence-electron chi connectivity index (χ2n) is 2.01. The molecule has 0 amide bonds. The largest absolute Gasteiger partial charge is 0.352 e. The van der Waals surface area contributed by atoms with E-state index in [2.05, 4.69) is 4.74 Å². The highest BCUT2D eigenvalue weighted by molar-refractivity contribution is 4.39. The molecule has 0 rings (SSSR count). The maximum absolute atomic E-state index is 11.8. The standard InChI is InChI=1S/C6H12F2O/c1-3-4-5-9-6(2,7)8/h3-5H2,1-2H3. The van der Waals surface area contributed by atoms with Gasteiger partial charge in [-0.05, 0) is 6.42 Å². The molecule has 0 heterocycles. The first kappa shape index (κ1) is 8.82. The summed E-state index contributed by atoms with van der Waals surface area (Å²) < 4.78 is 27.8. The first-order chi connectivity index (χ1) is 4.06. The molecule has 0 spiro atoms. The molecule has 3 heteroatoms. The van der Waals surface area contributed by atoms with Gasteiger partial charge in [0.15, 0.2) is 0 Å². The lowest BCUT2D eigenvalue weighted by atomic mass is 10.4. The molecule has 0 radical (unpaired) electrons. The van der Waals surface area contributed by atoms with Crippen LogP contribution < -0.4 is 0 Å². The molecule has 0 aromatic rings. The summed E-state index contributed by atoms with van der Waals surface area (Å²) in [7, 11) is 0. The Morgan fingerprint density at radius 3 is 2.33 bits per heavy atom. The van der Waals surface area contributed by atoms with Crippen LogP contribution in [0.5, 0.6) is 0 Å². The van der Waals surface area contributed by atoms with Gasteiger partial charge in [0.1, 0.15) is 0 Å². The van der Waals surface area contributed by atoms with Crippen molar-refractivity contribution in [2.24, 2.45) is 0 Å². The molecular weight excluding hydrogens is 126 g/mol. The number of rotatable bonds is 4. The first-order valence-electron chi connectivity index (χ1n) is 3.08. The first-order valence-corrected chi connectivity index (χ1v) is 3.08. The Bertz CT molecular complexity index is 67.9. The molecule has 0 bridgehead atoms. The van der Waals surface area contributed by atoms with Gasteiger partial charge in [0.2, 0.25) is 0 Å². The third-order valence-electron chi connectivity index (χ3n) is 0.853. The summed E-state index contributed by atoms with van der Waals surface area (Å²) in [6.45, 7) is 2.83. The van der Waals surface area contributed by atoms with Gasteiger partial charge < -0.3 is 4.74 Å². The maximum Gasteiger partial charge on any atom is 0.352 e. The molecular formula is C6H12F2O. The Hall–Kier alpha value is -0.180. The van der Waals surface area contributed by atoms with E-state index in [-0.39, 0.29) is 6.61 Å². The Kier molecular flexibility index (Phi) is 3.70. The molecule has 0 aromatic heterocycles. The fourth-order valence-corrected chi connectivity index (χ4v) is 0.396. The minimum Gasteiger partial charge on any atom is -0.321 e. The number of hydrogen-bond donors (Lipinski definition) is 0. The van der Waals surface area contributed by atoms with Crippen LogP contribution in [0.1, 0.15) is 26.7 Å². The van der Waals surface area contributed by atoms with E-state index >= 15 is 0 Å². The quantitative estimate of drug-likeness (QED) is 0.542. The zero-order valence-electron chi connectivity index (χ0n) is 5.79. The molecule has 0 atom stereocenters. The van der Waals surface area contributed by atoms with E-state index < -0.39 is 6.11 Å². The van der Waals surface area contributed by atoms with Gasteiger partial charge in [-0.2, -0.15) is 8.78 Å². The van der Waals surface area contributed by atoms with Crippen molar-refractivity contribution in [1.29, 1.82) is 0 Å². The van der Waals surface area contributed by atoms with Gasteiger partial charge in [-0.25, -0.2) is 0 Å². The molecule has 0 aliphatic heterocycles. The topological polar surface area (TPSA) is 9.23 Å². The fraction of sp³-hybridized carbons (Fsp3) is 1.00. The van der Waals surface area contributed by atoms with Crippen LogP contribution in [0.2, 0.25) is 0 Å². The monoisotopic (exact) mass is 138 g/mol. The van der Waals surface area contributed by atoms with Gasteiger partial charge in [0, 0.05) is 6.92 Å². The fourth-order valence-electron chi connectivity index (χ4n) is 0.396. The molecule has 9 heavy (non-hydrogen) atoms. The minimum atomic E-state index is -2.95. The SMILES string of the molecule is CCCCOC(C)(F)F. The van der Waals surface area contributed by atoms with Gasteiger partial charge in [-0.3, -0.25) is 0 Å². The summed E-state index contributed by atoms with van der Waals surface area (Å²) in [6.07, 6.45) is -1.37. The second kappa shape index (κ2) is 3.77. The summed E-state index contributed by atoms with van der Waals surface area (Å²) in [5.74, 6) is 0. The Morgan fingerprint density at radius 1 is 1.44 bits per heavy atom. The van der Waals surface area contributed by atoms with Crippen LogP contribution in [0.3, 0.4) is 0 Å². The van der Waals surface area contributed by atoms with E-state index in [0.29, 0.717) is 6.42 Å². The number of unbranched alkanes of at least 4 members (excludes halogenated alkanes) is 1. The highest BCUT2D eigenvalue weighted by Crippen LogP contribution is 2.13. The maximum atomic E-state index is 11.8. The van der Waals surface area contributed by atoms with Crippen molar-refractivity contribution in [3.8, 4) is 0 Å². The van der Waals surface area contributed by atoms with E-state index in [4.69, 9.17) is 0 Å². The Balaban J connectivity index is 3.07. The molecule has 0 aliphatic rings. The van der Waals surface area contributed by atoms with Crippen LogP contribution in [0.25, 0.3) is 0 Å². The van der Waals surface area contributed by atoms with E-state index in [9.17, 15) is 8.78 Å². The summed E-state index contributed by atoms with van der Waals surface area (Å²) in [6, 6.07) is 0. The van der Waals surface area contributed by atoms with E-state index in [1.165, 1.54) is 0 Å². The van der Waals surface area contributed by atoms with Crippen LogP contribution >= 0.6 is 0 Å². The zero-order chi connectivity index (χ0) is 7.33. The van der Waals surface area contributed by atoms with Crippen molar-refractivity contribution < 1.29 is 13.5 Å². The van der Waals surface area contributed by atoms with Crippen molar-refractivity contribution in [1.82, 2.24) is 0 Å². The summed E-state index contributed by atoms with van der Waals surface area (Å²) in [5.41, 5.74) is 0. The average molecular weight is 138 g/mol. The number of hydrogen-bond acceptors (Lipinski definition) is 1. The minimum absolute atomic E-state index is 0.153. The third-order valence-corrected chi connectivity index (χ3v) is 0.853. The van der Waals surface area contributed by atoms with Gasteiger partial charge >= 0.3 is 6.11 Å². The van der Waals surface area contributed by atoms with Crippen LogP contribution in [0, 0.1) is 0 Å². The van der Waals surface area contributed by atoms with Gasteiger partial charge in [0.25, 0.3) is 0 Å². The normalized spacial score (nSPS) is 12.0. The zero-order valence-corrected chi connectivity index (χ0v) is 5.79. The number of ether oxygens (including phenoxy) is 1. The summed E-state index contributed by atoms with van der Waals surface area (Å²) >= 11 is 0. The predicted molar refractivity (Wildman–Crippen MR) is 31.5 cm³/mol. The number of halogens is 2. The number of alkyl halides is 2. The Labute approximate surface area is 54.0 Å². The van der Waals surface area contributed by atoms with Crippen molar-refractivity contribution >= 4 is 0 Å². The van der Waals surface area contributed by atoms with Crippen LogP contribution in [-0.4, -0.2) is 12.7 Å². The lowest BCUT2D eigenvalue weighted by Crippen LogP contribution is -2.15. The van der Waals surface area contributed by atoms with E-state index in [1.54, 1.807) is 0 Å². The predicted octanol–water partition coefficient (Wildman–Crippen LogP) is 2.42. The van der Waals surface area contributed by atoms with E-state index in [0.717, 1.165) is 13.3 Å². The van der Waals surface area contributed by atoms with Gasteiger partial charge in [-0.1, -0.05) is 13.3 Å².